The molecular weight excluding hydrogens is 214 g/mol. The number of aromatic nitrogens is 1. The first-order valence-corrected chi connectivity index (χ1v) is 6.02. The Balaban J connectivity index is 2.36. The monoisotopic (exact) mass is 235 g/mol. The van der Waals surface area contributed by atoms with Gasteiger partial charge in [-0.1, -0.05) is 6.92 Å². The summed E-state index contributed by atoms with van der Waals surface area (Å²) in [5.41, 5.74) is 6.58. The molecule has 1 aromatic rings. The third-order valence-electron chi connectivity index (χ3n) is 2.85. The van der Waals surface area contributed by atoms with Crippen LogP contribution in [0.15, 0.2) is 24.5 Å². The smallest absolute Gasteiger partial charge is 0.220 e. The second-order valence-electron chi connectivity index (χ2n) is 4.45. The van der Waals surface area contributed by atoms with Gasteiger partial charge in [-0.15, -0.1) is 0 Å². The molecule has 4 heteroatoms. The van der Waals surface area contributed by atoms with Gasteiger partial charge in [-0.3, -0.25) is 9.78 Å². The average Bonchev–Trinajstić information content (AvgIpc) is 2.36. The molecule has 1 aromatic heterocycles. The Kier molecular flexibility index (Phi) is 5.63. The van der Waals surface area contributed by atoms with Crippen LogP contribution in [-0.4, -0.2) is 17.4 Å². The van der Waals surface area contributed by atoms with Crippen LogP contribution in [-0.2, 0) is 4.79 Å². The molecular formula is C13H21N3O. The molecule has 4 nitrogen and oxygen atoms in total. The van der Waals surface area contributed by atoms with Gasteiger partial charge in [-0.05, 0) is 43.5 Å². The Labute approximate surface area is 103 Å². The van der Waals surface area contributed by atoms with E-state index in [1.165, 1.54) is 0 Å². The Morgan fingerprint density at radius 1 is 1.41 bits per heavy atom. The Morgan fingerprint density at radius 3 is 2.65 bits per heavy atom. The molecule has 2 unspecified atom stereocenters. The minimum absolute atomic E-state index is 0.0266. The summed E-state index contributed by atoms with van der Waals surface area (Å²) >= 11 is 0. The largest absolute Gasteiger partial charge is 0.350 e. The zero-order valence-corrected chi connectivity index (χ0v) is 10.5. The molecule has 2 atom stereocenters. The molecule has 94 valence electrons. The van der Waals surface area contributed by atoms with Crippen molar-refractivity contribution in [1.29, 1.82) is 0 Å². The number of carbonyl (C=O) groups excluding carboxylic acids is 1. The van der Waals surface area contributed by atoms with Gasteiger partial charge in [-0.25, -0.2) is 0 Å². The van der Waals surface area contributed by atoms with Crippen LogP contribution in [0.25, 0.3) is 0 Å². The predicted octanol–water partition coefficient (Wildman–Crippen LogP) is 1.63. The number of pyridine rings is 1. The highest BCUT2D eigenvalue weighted by atomic mass is 16.1. The molecule has 0 saturated carbocycles. The summed E-state index contributed by atoms with van der Waals surface area (Å²) in [6.07, 6.45) is 4.84. The van der Waals surface area contributed by atoms with E-state index in [1.54, 1.807) is 12.4 Å². The Hall–Kier alpha value is -1.42. The maximum Gasteiger partial charge on any atom is 0.220 e. The second-order valence-corrected chi connectivity index (χ2v) is 4.45. The number of nitrogens with two attached hydrogens (primary N) is 1. The van der Waals surface area contributed by atoms with Gasteiger partial charge in [-0.2, -0.15) is 0 Å². The third-order valence-corrected chi connectivity index (χ3v) is 2.85. The van der Waals surface area contributed by atoms with E-state index in [2.05, 4.69) is 17.2 Å². The molecule has 1 rings (SSSR count). The van der Waals surface area contributed by atoms with Crippen molar-refractivity contribution in [2.75, 3.05) is 6.54 Å². The molecule has 0 saturated heterocycles. The standard InChI is InChI=1S/C13H21N3O/c1-10(9-14)3-4-13(17)16-11(2)12-5-7-15-8-6-12/h5-8,10-11H,3-4,9,14H2,1-2H3,(H,16,17). The number of nitrogens with one attached hydrogen (secondary N) is 1. The molecule has 0 spiro atoms. The van der Waals surface area contributed by atoms with Crippen LogP contribution in [0.3, 0.4) is 0 Å². The van der Waals surface area contributed by atoms with Crippen molar-refractivity contribution in [2.45, 2.75) is 32.7 Å². The SMILES string of the molecule is CC(CN)CCC(=O)NC(C)c1ccncc1. The molecule has 0 bridgehead atoms. The number of hydrogen-bond donors (Lipinski definition) is 2. The molecule has 1 heterocycles. The summed E-state index contributed by atoms with van der Waals surface area (Å²) < 4.78 is 0. The normalized spacial score (nSPS) is 14.1. The zero-order chi connectivity index (χ0) is 12.7. The van der Waals surface area contributed by atoms with Crippen LogP contribution in [0.4, 0.5) is 0 Å². The van der Waals surface area contributed by atoms with Gasteiger partial charge in [0.1, 0.15) is 0 Å². The van der Waals surface area contributed by atoms with Gasteiger partial charge in [0.05, 0.1) is 6.04 Å². The lowest BCUT2D eigenvalue weighted by molar-refractivity contribution is -0.122. The van der Waals surface area contributed by atoms with Crippen LogP contribution >= 0.6 is 0 Å². The van der Waals surface area contributed by atoms with Gasteiger partial charge < -0.3 is 11.1 Å². The number of rotatable bonds is 6. The Morgan fingerprint density at radius 2 is 2.06 bits per heavy atom. The lowest BCUT2D eigenvalue weighted by Crippen LogP contribution is -2.27. The van der Waals surface area contributed by atoms with E-state index in [-0.39, 0.29) is 11.9 Å². The quantitative estimate of drug-likeness (QED) is 0.787. The molecule has 0 aliphatic rings. The van der Waals surface area contributed by atoms with Crippen LogP contribution in [0.5, 0.6) is 0 Å². The van der Waals surface area contributed by atoms with Crippen molar-refractivity contribution in [2.24, 2.45) is 11.7 Å². The molecule has 0 aromatic carbocycles. The van der Waals surface area contributed by atoms with E-state index in [0.717, 1.165) is 12.0 Å². The molecule has 0 aliphatic heterocycles. The van der Waals surface area contributed by atoms with E-state index in [9.17, 15) is 4.79 Å². The van der Waals surface area contributed by atoms with E-state index in [0.29, 0.717) is 18.9 Å². The van der Waals surface area contributed by atoms with Crippen molar-refractivity contribution in [3.05, 3.63) is 30.1 Å². The first-order valence-electron chi connectivity index (χ1n) is 6.02. The minimum atomic E-state index is 0.0266. The number of carbonyl (C=O) groups is 1. The van der Waals surface area contributed by atoms with Crippen LogP contribution < -0.4 is 11.1 Å². The fourth-order valence-electron chi connectivity index (χ4n) is 1.54. The highest BCUT2D eigenvalue weighted by molar-refractivity contribution is 5.76. The minimum Gasteiger partial charge on any atom is -0.350 e. The van der Waals surface area contributed by atoms with Crippen molar-refractivity contribution in [3.8, 4) is 0 Å². The highest BCUT2D eigenvalue weighted by Crippen LogP contribution is 2.11. The topological polar surface area (TPSA) is 68.0 Å². The molecule has 0 fully saturated rings. The Bertz CT molecular complexity index is 340. The van der Waals surface area contributed by atoms with Gasteiger partial charge >= 0.3 is 0 Å². The van der Waals surface area contributed by atoms with Crippen LogP contribution in [0.2, 0.25) is 0 Å². The van der Waals surface area contributed by atoms with Gasteiger partial charge in [0.25, 0.3) is 0 Å². The summed E-state index contributed by atoms with van der Waals surface area (Å²) in [5, 5.41) is 2.97. The van der Waals surface area contributed by atoms with Crippen LogP contribution in [0, 0.1) is 5.92 Å². The number of amides is 1. The van der Waals surface area contributed by atoms with Gasteiger partial charge in [0.2, 0.25) is 5.91 Å². The number of hydrogen-bond acceptors (Lipinski definition) is 3. The maximum atomic E-state index is 11.7. The van der Waals surface area contributed by atoms with E-state index in [4.69, 9.17) is 5.73 Å². The zero-order valence-electron chi connectivity index (χ0n) is 10.5. The first kappa shape index (κ1) is 13.6. The fraction of sp³-hybridized carbons (Fsp3) is 0.538. The van der Waals surface area contributed by atoms with Crippen molar-refractivity contribution >= 4 is 5.91 Å². The fourth-order valence-corrected chi connectivity index (χ4v) is 1.54. The van der Waals surface area contributed by atoms with E-state index in [1.807, 2.05) is 19.1 Å². The van der Waals surface area contributed by atoms with Crippen molar-refractivity contribution in [3.63, 3.8) is 0 Å². The lowest BCUT2D eigenvalue weighted by Gasteiger charge is -2.15. The van der Waals surface area contributed by atoms with Crippen molar-refractivity contribution in [1.82, 2.24) is 10.3 Å². The molecule has 1 amide bonds. The molecule has 3 N–H and O–H groups in total. The summed E-state index contributed by atoms with van der Waals surface area (Å²) in [6.45, 7) is 4.66. The predicted molar refractivity (Wildman–Crippen MR) is 68.2 cm³/mol. The summed E-state index contributed by atoms with van der Waals surface area (Å²) in [7, 11) is 0. The summed E-state index contributed by atoms with van der Waals surface area (Å²) in [6, 6.07) is 3.85. The van der Waals surface area contributed by atoms with E-state index < -0.39 is 0 Å². The number of nitrogens with zero attached hydrogens (tertiary/aromatic N) is 1. The first-order chi connectivity index (χ1) is 8.13. The highest BCUT2D eigenvalue weighted by Gasteiger charge is 2.10. The van der Waals surface area contributed by atoms with E-state index >= 15 is 0 Å². The summed E-state index contributed by atoms with van der Waals surface area (Å²) in [5.74, 6) is 0.478. The van der Waals surface area contributed by atoms with Crippen LogP contribution in [0.1, 0.15) is 38.3 Å². The molecule has 17 heavy (non-hydrogen) atoms. The molecule has 0 aliphatic carbocycles. The van der Waals surface area contributed by atoms with Gasteiger partial charge in [0, 0.05) is 18.8 Å². The maximum absolute atomic E-state index is 11.7. The average molecular weight is 235 g/mol. The summed E-state index contributed by atoms with van der Waals surface area (Å²) in [4.78, 5) is 15.6. The third kappa shape index (κ3) is 4.95. The second kappa shape index (κ2) is 7.01. The van der Waals surface area contributed by atoms with Gasteiger partial charge in [0.15, 0.2) is 0 Å². The molecule has 0 radical (unpaired) electrons. The lowest BCUT2D eigenvalue weighted by atomic mass is 10.1. The van der Waals surface area contributed by atoms with Crippen molar-refractivity contribution < 1.29 is 4.79 Å².